The van der Waals surface area contributed by atoms with Gasteiger partial charge in [-0.1, -0.05) is 11.6 Å². The summed E-state index contributed by atoms with van der Waals surface area (Å²) in [5, 5.41) is 10.0. The molecule has 0 atom stereocenters. The summed E-state index contributed by atoms with van der Waals surface area (Å²) in [5.41, 5.74) is 0. The van der Waals surface area contributed by atoms with Gasteiger partial charge in [0.05, 0.1) is 0 Å². The van der Waals surface area contributed by atoms with Gasteiger partial charge in [-0.2, -0.15) is 0 Å². The van der Waals surface area contributed by atoms with Crippen molar-refractivity contribution in [2.24, 2.45) is 0 Å². The van der Waals surface area contributed by atoms with Crippen LogP contribution < -0.4 is 5.32 Å². The van der Waals surface area contributed by atoms with Crippen molar-refractivity contribution < 1.29 is 8.42 Å². The maximum absolute atomic E-state index is 10.7. The van der Waals surface area contributed by atoms with Gasteiger partial charge in [0, 0.05) is 6.26 Å². The Morgan fingerprint density at radius 2 is 2.15 bits per heavy atom. The Bertz CT molecular complexity index is 375. The molecular formula is C6H8ClN3O2S. The van der Waals surface area contributed by atoms with Crippen LogP contribution >= 0.6 is 11.6 Å². The third-order valence-electron chi connectivity index (χ3n) is 1.15. The molecule has 0 bridgehead atoms. The first-order valence-electron chi connectivity index (χ1n) is 3.38. The van der Waals surface area contributed by atoms with E-state index in [9.17, 15) is 8.42 Å². The number of anilines is 1. The molecule has 0 unspecified atom stereocenters. The molecule has 7 heteroatoms. The van der Waals surface area contributed by atoms with Crippen LogP contribution in [0.25, 0.3) is 0 Å². The molecule has 0 amide bonds. The predicted molar refractivity (Wildman–Crippen MR) is 50.4 cm³/mol. The zero-order chi connectivity index (χ0) is 9.90. The van der Waals surface area contributed by atoms with Gasteiger partial charge in [-0.15, -0.1) is 10.2 Å². The molecule has 0 radical (unpaired) electrons. The minimum Gasteiger partial charge on any atom is -0.355 e. The Balaban J connectivity index is 2.61. The van der Waals surface area contributed by atoms with E-state index in [1.165, 1.54) is 6.07 Å². The van der Waals surface area contributed by atoms with E-state index in [1.54, 1.807) is 6.07 Å². The quantitative estimate of drug-likeness (QED) is 0.807. The Morgan fingerprint density at radius 1 is 1.46 bits per heavy atom. The van der Waals surface area contributed by atoms with Crippen molar-refractivity contribution in [2.45, 2.75) is 0 Å². The van der Waals surface area contributed by atoms with Crippen LogP contribution in [0, 0.1) is 0 Å². The van der Waals surface area contributed by atoms with Crippen molar-refractivity contribution >= 4 is 27.3 Å². The maximum atomic E-state index is 10.7. The molecule has 1 aromatic heterocycles. The van der Waals surface area contributed by atoms with Crippen LogP contribution in [0.5, 0.6) is 0 Å². The number of halogens is 1. The molecular weight excluding hydrogens is 214 g/mol. The van der Waals surface area contributed by atoms with Gasteiger partial charge in [-0.3, -0.25) is 0 Å². The lowest BCUT2D eigenvalue weighted by atomic mass is 10.5. The second-order valence-electron chi connectivity index (χ2n) is 2.49. The molecule has 1 heterocycles. The highest BCUT2D eigenvalue weighted by Gasteiger charge is 2.01. The standard InChI is InChI=1S/C6H8ClN3O2S/c1-13(11,12)4-8-6-3-2-5(7)9-10-6/h2-3H,4H2,1H3,(H,8,10). The van der Waals surface area contributed by atoms with E-state index in [2.05, 4.69) is 15.5 Å². The van der Waals surface area contributed by atoms with Crippen LogP contribution in [0.2, 0.25) is 5.15 Å². The van der Waals surface area contributed by atoms with Crippen molar-refractivity contribution in [3.05, 3.63) is 17.3 Å². The molecule has 0 fully saturated rings. The van der Waals surface area contributed by atoms with E-state index in [4.69, 9.17) is 11.6 Å². The molecule has 1 rings (SSSR count). The van der Waals surface area contributed by atoms with Crippen LogP contribution in [0.3, 0.4) is 0 Å². The smallest absolute Gasteiger partial charge is 0.165 e. The monoisotopic (exact) mass is 221 g/mol. The van der Waals surface area contributed by atoms with Gasteiger partial charge in [0.1, 0.15) is 11.7 Å². The van der Waals surface area contributed by atoms with E-state index >= 15 is 0 Å². The van der Waals surface area contributed by atoms with Crippen molar-refractivity contribution in [2.75, 3.05) is 17.4 Å². The second-order valence-corrected chi connectivity index (χ2v) is 5.02. The molecule has 0 spiro atoms. The minimum atomic E-state index is -3.04. The largest absolute Gasteiger partial charge is 0.355 e. The summed E-state index contributed by atoms with van der Waals surface area (Å²) >= 11 is 5.48. The molecule has 0 saturated carbocycles. The highest BCUT2D eigenvalue weighted by molar-refractivity contribution is 7.90. The predicted octanol–water partition coefficient (Wildman–Crippen LogP) is 0.544. The fraction of sp³-hybridized carbons (Fsp3) is 0.333. The van der Waals surface area contributed by atoms with Crippen LogP contribution in [0.15, 0.2) is 12.1 Å². The van der Waals surface area contributed by atoms with Gasteiger partial charge in [-0.05, 0) is 12.1 Å². The summed E-state index contributed by atoms with van der Waals surface area (Å²) < 4.78 is 21.5. The minimum absolute atomic E-state index is 0.163. The molecule has 72 valence electrons. The number of sulfone groups is 1. The SMILES string of the molecule is CS(=O)(=O)CNc1ccc(Cl)nn1. The van der Waals surface area contributed by atoms with E-state index < -0.39 is 9.84 Å². The fourth-order valence-corrected chi connectivity index (χ4v) is 1.13. The normalized spacial score (nSPS) is 11.2. The Hall–Kier alpha value is -0.880. The molecule has 0 aliphatic carbocycles. The average Bonchev–Trinajstić information content (AvgIpc) is 2.02. The van der Waals surface area contributed by atoms with Gasteiger partial charge in [0.2, 0.25) is 0 Å². The maximum Gasteiger partial charge on any atom is 0.165 e. The number of nitrogens with zero attached hydrogens (tertiary/aromatic N) is 2. The number of aromatic nitrogens is 2. The van der Waals surface area contributed by atoms with Gasteiger partial charge < -0.3 is 5.32 Å². The summed E-state index contributed by atoms with van der Waals surface area (Å²) in [7, 11) is -3.04. The van der Waals surface area contributed by atoms with Crippen molar-refractivity contribution in [1.29, 1.82) is 0 Å². The van der Waals surface area contributed by atoms with E-state index in [1.807, 2.05) is 0 Å². The summed E-state index contributed by atoms with van der Waals surface area (Å²) in [6.07, 6.45) is 1.13. The second kappa shape index (κ2) is 3.89. The molecule has 0 aromatic carbocycles. The van der Waals surface area contributed by atoms with Gasteiger partial charge in [0.25, 0.3) is 0 Å². The van der Waals surface area contributed by atoms with Gasteiger partial charge in [-0.25, -0.2) is 8.42 Å². The third-order valence-corrected chi connectivity index (χ3v) is 2.02. The Kier molecular flexibility index (Phi) is 3.05. The molecule has 0 saturated heterocycles. The van der Waals surface area contributed by atoms with Crippen LogP contribution in [-0.2, 0) is 9.84 Å². The number of hydrogen-bond donors (Lipinski definition) is 1. The highest BCUT2D eigenvalue weighted by Crippen LogP contribution is 2.05. The summed E-state index contributed by atoms with van der Waals surface area (Å²) in [5.74, 6) is 0.221. The van der Waals surface area contributed by atoms with Crippen LogP contribution in [-0.4, -0.2) is 30.7 Å². The topological polar surface area (TPSA) is 72.0 Å². The lowest BCUT2D eigenvalue weighted by Gasteiger charge is -2.01. The Labute approximate surface area is 81.0 Å². The molecule has 13 heavy (non-hydrogen) atoms. The number of hydrogen-bond acceptors (Lipinski definition) is 5. The first kappa shape index (κ1) is 10.2. The van der Waals surface area contributed by atoms with E-state index in [0.29, 0.717) is 5.82 Å². The third kappa shape index (κ3) is 4.05. The molecule has 0 aliphatic rings. The van der Waals surface area contributed by atoms with Crippen molar-refractivity contribution in [3.63, 3.8) is 0 Å². The molecule has 5 nitrogen and oxygen atoms in total. The van der Waals surface area contributed by atoms with Crippen LogP contribution in [0.4, 0.5) is 5.82 Å². The zero-order valence-corrected chi connectivity index (χ0v) is 8.43. The van der Waals surface area contributed by atoms with E-state index in [0.717, 1.165) is 6.26 Å². The Morgan fingerprint density at radius 3 is 2.62 bits per heavy atom. The number of rotatable bonds is 3. The van der Waals surface area contributed by atoms with Crippen LogP contribution in [0.1, 0.15) is 0 Å². The summed E-state index contributed by atoms with van der Waals surface area (Å²) in [6, 6.07) is 3.08. The summed E-state index contributed by atoms with van der Waals surface area (Å²) in [6.45, 7) is 0. The van der Waals surface area contributed by atoms with Crippen molar-refractivity contribution in [3.8, 4) is 0 Å². The first-order chi connectivity index (χ1) is 5.97. The summed E-state index contributed by atoms with van der Waals surface area (Å²) in [4.78, 5) is 0. The number of nitrogens with one attached hydrogen (secondary N) is 1. The molecule has 1 aromatic rings. The lowest BCUT2D eigenvalue weighted by molar-refractivity contribution is 0.603. The molecule has 1 N–H and O–H groups in total. The highest BCUT2D eigenvalue weighted by atomic mass is 35.5. The lowest BCUT2D eigenvalue weighted by Crippen LogP contribution is -2.13. The van der Waals surface area contributed by atoms with Gasteiger partial charge >= 0.3 is 0 Å². The average molecular weight is 222 g/mol. The van der Waals surface area contributed by atoms with Gasteiger partial charge in [0.15, 0.2) is 15.0 Å². The van der Waals surface area contributed by atoms with Crippen molar-refractivity contribution in [1.82, 2.24) is 10.2 Å². The van der Waals surface area contributed by atoms with E-state index in [-0.39, 0.29) is 11.0 Å². The fourth-order valence-electron chi connectivity index (χ4n) is 0.615. The molecule has 0 aliphatic heterocycles. The first-order valence-corrected chi connectivity index (χ1v) is 5.82. The zero-order valence-electron chi connectivity index (χ0n) is 6.86.